The predicted octanol–water partition coefficient (Wildman–Crippen LogP) is 4.84. The van der Waals surface area contributed by atoms with Gasteiger partial charge in [0.05, 0.1) is 10.9 Å². The van der Waals surface area contributed by atoms with Gasteiger partial charge >= 0.3 is 0 Å². The van der Waals surface area contributed by atoms with Crippen LogP contribution in [-0.2, 0) is 10.0 Å². The van der Waals surface area contributed by atoms with Crippen LogP contribution in [0.3, 0.4) is 0 Å². The second-order valence-corrected chi connectivity index (χ2v) is 8.84. The molecule has 23 heavy (non-hydrogen) atoms. The zero-order valence-electron chi connectivity index (χ0n) is 12.2. The van der Waals surface area contributed by atoms with Gasteiger partial charge < -0.3 is 0 Å². The predicted molar refractivity (Wildman–Crippen MR) is 97.0 cm³/mol. The molecule has 0 bridgehead atoms. The zero-order valence-corrected chi connectivity index (χ0v) is 15.4. The lowest BCUT2D eigenvalue weighted by Gasteiger charge is -2.18. The van der Waals surface area contributed by atoms with Crippen molar-refractivity contribution in [3.63, 3.8) is 0 Å². The maximum atomic E-state index is 12.8. The highest BCUT2D eigenvalue weighted by molar-refractivity contribution is 7.89. The van der Waals surface area contributed by atoms with Crippen LogP contribution in [0.15, 0.2) is 57.4 Å². The molecule has 0 unspecified atom stereocenters. The van der Waals surface area contributed by atoms with Crippen LogP contribution in [0.25, 0.3) is 0 Å². The smallest absolute Gasteiger partial charge is 0.207 e. The van der Waals surface area contributed by atoms with Gasteiger partial charge in [-0.1, -0.05) is 23.7 Å². The highest BCUT2D eigenvalue weighted by Gasteiger charge is 2.25. The van der Waals surface area contributed by atoms with E-state index in [1.165, 1.54) is 11.3 Å². The van der Waals surface area contributed by atoms with E-state index in [9.17, 15) is 8.42 Å². The summed E-state index contributed by atoms with van der Waals surface area (Å²) < 4.78 is 28.5. The molecule has 1 atom stereocenters. The van der Waals surface area contributed by atoms with Gasteiger partial charge in [-0.2, -0.15) is 16.1 Å². The van der Waals surface area contributed by atoms with Crippen molar-refractivity contribution in [3.8, 4) is 0 Å². The molecule has 3 rings (SSSR count). The molecule has 1 aromatic carbocycles. The summed E-state index contributed by atoms with van der Waals surface area (Å²) in [6.07, 6.45) is 0. The molecule has 0 fully saturated rings. The number of benzene rings is 1. The van der Waals surface area contributed by atoms with Crippen molar-refractivity contribution < 1.29 is 8.42 Å². The average Bonchev–Trinajstić information content (AvgIpc) is 3.21. The van der Waals surface area contributed by atoms with Gasteiger partial charge in [0.2, 0.25) is 10.0 Å². The summed E-state index contributed by atoms with van der Waals surface area (Å²) in [6, 6.07) is 10.3. The van der Waals surface area contributed by atoms with Crippen LogP contribution in [0, 0.1) is 6.92 Å². The van der Waals surface area contributed by atoms with Crippen molar-refractivity contribution in [3.05, 3.63) is 73.6 Å². The van der Waals surface area contributed by atoms with Crippen LogP contribution >= 0.6 is 34.3 Å². The van der Waals surface area contributed by atoms with Crippen molar-refractivity contribution in [2.75, 3.05) is 0 Å². The Morgan fingerprint density at radius 1 is 1.13 bits per heavy atom. The van der Waals surface area contributed by atoms with Gasteiger partial charge in [-0.15, -0.1) is 11.3 Å². The Balaban J connectivity index is 2.01. The molecule has 0 aliphatic carbocycles. The molecule has 1 N–H and O–H groups in total. The third kappa shape index (κ3) is 3.51. The van der Waals surface area contributed by atoms with E-state index >= 15 is 0 Å². The molecular weight excluding hydrogens is 370 g/mol. The fourth-order valence-corrected chi connectivity index (χ4v) is 5.55. The molecule has 2 aromatic heterocycles. The SMILES string of the molecule is Cc1c(Cl)cccc1S(=O)(=O)N[C@H](c1ccsc1)c1cccs1. The Bertz CT molecular complexity index is 853. The summed E-state index contributed by atoms with van der Waals surface area (Å²) in [7, 11) is -3.69. The molecule has 3 nitrogen and oxygen atoms in total. The number of hydrogen-bond donors (Lipinski definition) is 1. The molecule has 0 aliphatic rings. The number of hydrogen-bond acceptors (Lipinski definition) is 4. The molecule has 0 saturated carbocycles. The van der Waals surface area contributed by atoms with E-state index in [2.05, 4.69) is 4.72 Å². The van der Waals surface area contributed by atoms with Crippen molar-refractivity contribution in [1.29, 1.82) is 0 Å². The number of sulfonamides is 1. The molecule has 0 radical (unpaired) electrons. The van der Waals surface area contributed by atoms with E-state index in [1.807, 2.05) is 34.3 Å². The monoisotopic (exact) mass is 383 g/mol. The first-order valence-electron chi connectivity index (χ1n) is 6.82. The van der Waals surface area contributed by atoms with Crippen molar-refractivity contribution in [2.45, 2.75) is 17.9 Å². The number of rotatable bonds is 5. The van der Waals surface area contributed by atoms with E-state index in [4.69, 9.17) is 11.6 Å². The van der Waals surface area contributed by atoms with Gasteiger partial charge in [0.25, 0.3) is 0 Å². The fourth-order valence-electron chi connectivity index (χ4n) is 2.28. The van der Waals surface area contributed by atoms with Gasteiger partial charge in [0.1, 0.15) is 0 Å². The van der Waals surface area contributed by atoms with Crippen LogP contribution in [0.5, 0.6) is 0 Å². The number of thiophene rings is 2. The zero-order chi connectivity index (χ0) is 16.4. The molecule has 0 spiro atoms. The van der Waals surface area contributed by atoms with E-state index < -0.39 is 16.1 Å². The molecule has 2 heterocycles. The summed E-state index contributed by atoms with van der Waals surface area (Å²) in [6.45, 7) is 1.71. The lowest BCUT2D eigenvalue weighted by atomic mass is 10.1. The molecule has 0 aliphatic heterocycles. The standard InChI is InChI=1S/C16H14ClNO2S3/c1-11-13(17)4-2-6-15(11)23(19,20)18-16(12-7-9-21-10-12)14-5-3-8-22-14/h2-10,16,18H,1H3/t16-/m1/s1. The molecular formula is C16H14ClNO2S3. The third-order valence-corrected chi connectivity index (χ3v) is 7.10. The first-order chi connectivity index (χ1) is 11.0. The Kier molecular flexibility index (Phi) is 4.89. The van der Waals surface area contributed by atoms with Crippen LogP contribution < -0.4 is 4.72 Å². The van der Waals surface area contributed by atoms with E-state index in [1.54, 1.807) is 36.5 Å². The van der Waals surface area contributed by atoms with Gasteiger partial charge in [0, 0.05) is 9.90 Å². The van der Waals surface area contributed by atoms with Crippen LogP contribution in [0.2, 0.25) is 5.02 Å². The van der Waals surface area contributed by atoms with E-state index in [-0.39, 0.29) is 4.90 Å². The number of halogens is 1. The average molecular weight is 384 g/mol. The van der Waals surface area contributed by atoms with Gasteiger partial charge in [-0.05, 0) is 58.5 Å². The van der Waals surface area contributed by atoms with Crippen molar-refractivity contribution in [2.24, 2.45) is 0 Å². The molecule has 0 amide bonds. The summed E-state index contributed by atoms with van der Waals surface area (Å²) in [4.78, 5) is 1.16. The maximum Gasteiger partial charge on any atom is 0.241 e. The van der Waals surface area contributed by atoms with Crippen molar-refractivity contribution in [1.82, 2.24) is 4.72 Å². The normalized spacial score (nSPS) is 13.1. The topological polar surface area (TPSA) is 46.2 Å². The molecule has 120 valence electrons. The summed E-state index contributed by atoms with van der Waals surface area (Å²) >= 11 is 9.13. The van der Waals surface area contributed by atoms with E-state index in [0.717, 1.165) is 10.4 Å². The Hall–Kier alpha value is -1.18. The summed E-state index contributed by atoms with van der Waals surface area (Å²) in [5, 5.41) is 6.27. The minimum absolute atomic E-state index is 0.210. The summed E-state index contributed by atoms with van der Waals surface area (Å²) in [5.74, 6) is 0. The minimum atomic E-state index is -3.69. The third-order valence-electron chi connectivity index (χ3n) is 3.48. The first kappa shape index (κ1) is 16.7. The second-order valence-electron chi connectivity index (χ2n) is 4.99. The first-order valence-corrected chi connectivity index (χ1v) is 10.5. The van der Waals surface area contributed by atoms with E-state index in [0.29, 0.717) is 10.6 Å². The largest absolute Gasteiger partial charge is 0.241 e. The Labute approximate surface area is 148 Å². The lowest BCUT2D eigenvalue weighted by Crippen LogP contribution is -2.29. The lowest BCUT2D eigenvalue weighted by molar-refractivity contribution is 0.573. The summed E-state index contributed by atoms with van der Waals surface area (Å²) in [5.41, 5.74) is 1.48. The fraction of sp³-hybridized carbons (Fsp3) is 0.125. The maximum absolute atomic E-state index is 12.8. The second kappa shape index (κ2) is 6.75. The Morgan fingerprint density at radius 2 is 1.96 bits per heavy atom. The molecule has 0 saturated heterocycles. The minimum Gasteiger partial charge on any atom is -0.207 e. The highest BCUT2D eigenvalue weighted by atomic mass is 35.5. The highest BCUT2D eigenvalue weighted by Crippen LogP contribution is 2.30. The van der Waals surface area contributed by atoms with Crippen molar-refractivity contribution >= 4 is 44.3 Å². The van der Waals surface area contributed by atoms with Crippen LogP contribution in [0.1, 0.15) is 22.0 Å². The van der Waals surface area contributed by atoms with Gasteiger partial charge in [-0.25, -0.2) is 8.42 Å². The molecule has 7 heteroatoms. The van der Waals surface area contributed by atoms with Gasteiger partial charge in [-0.3, -0.25) is 0 Å². The van der Waals surface area contributed by atoms with Crippen LogP contribution in [0.4, 0.5) is 0 Å². The Morgan fingerprint density at radius 3 is 2.61 bits per heavy atom. The molecule has 3 aromatic rings. The number of nitrogens with one attached hydrogen (secondary N) is 1. The quantitative estimate of drug-likeness (QED) is 0.685. The van der Waals surface area contributed by atoms with Gasteiger partial charge in [0.15, 0.2) is 0 Å². The van der Waals surface area contributed by atoms with Crippen LogP contribution in [-0.4, -0.2) is 8.42 Å².